The van der Waals surface area contributed by atoms with Crippen molar-refractivity contribution in [3.05, 3.63) is 60.2 Å². The van der Waals surface area contributed by atoms with Crippen molar-refractivity contribution in [2.45, 2.75) is 24.3 Å². The summed E-state index contributed by atoms with van der Waals surface area (Å²) >= 11 is 1.33. The summed E-state index contributed by atoms with van der Waals surface area (Å²) in [5.41, 5.74) is 3.08. The number of hydrogen-bond donors (Lipinski definition) is 0. The second kappa shape index (κ2) is 7.53. The van der Waals surface area contributed by atoms with Crippen LogP contribution < -0.4 is 0 Å². The minimum Gasteiger partial charge on any atom is -0.468 e. The zero-order chi connectivity index (χ0) is 17.8. The molecule has 25 heavy (non-hydrogen) atoms. The smallest absolute Gasteiger partial charge is 0.318 e. The van der Waals surface area contributed by atoms with E-state index in [2.05, 4.69) is 16.3 Å². The predicted octanol–water partition coefficient (Wildman–Crippen LogP) is 3.90. The number of para-hydroxylation sites is 1. The Bertz CT molecular complexity index is 877. The number of carbonyl (C=O) groups excluding carboxylic acids is 1. The molecule has 1 atom stereocenters. The molecule has 3 rings (SSSR count). The fourth-order valence-electron chi connectivity index (χ4n) is 2.50. The molecule has 0 radical (unpaired) electrons. The summed E-state index contributed by atoms with van der Waals surface area (Å²) < 4.78 is 6.79. The molecule has 0 spiro atoms. The maximum absolute atomic E-state index is 11.8. The molecule has 2 aromatic carbocycles. The van der Waals surface area contributed by atoms with Crippen LogP contribution in [0.25, 0.3) is 17.1 Å². The lowest BCUT2D eigenvalue weighted by Gasteiger charge is -2.12. The zero-order valence-electron chi connectivity index (χ0n) is 14.3. The third kappa shape index (κ3) is 3.74. The van der Waals surface area contributed by atoms with Gasteiger partial charge in [0.15, 0.2) is 11.0 Å². The van der Waals surface area contributed by atoms with E-state index < -0.39 is 0 Å². The minimum atomic E-state index is -0.373. The highest BCUT2D eigenvalue weighted by molar-refractivity contribution is 8.00. The minimum absolute atomic E-state index is 0.287. The van der Waals surface area contributed by atoms with Crippen molar-refractivity contribution in [1.29, 1.82) is 0 Å². The van der Waals surface area contributed by atoms with Gasteiger partial charge in [-0.25, -0.2) is 0 Å². The molecule has 0 bridgehead atoms. The molecule has 0 N–H and O–H groups in total. The molecule has 0 aliphatic heterocycles. The number of aryl methyl sites for hydroxylation is 1. The van der Waals surface area contributed by atoms with E-state index in [1.165, 1.54) is 18.9 Å². The van der Waals surface area contributed by atoms with Crippen molar-refractivity contribution in [3.8, 4) is 17.1 Å². The number of methoxy groups -OCH3 is 1. The summed E-state index contributed by atoms with van der Waals surface area (Å²) in [6, 6.07) is 18.0. The first kappa shape index (κ1) is 17.2. The average molecular weight is 353 g/mol. The SMILES string of the molecule is COC(=O)C(C)Sc1nnc(-c2cccc(C)c2)n1-c1ccccc1. The molecule has 0 saturated carbocycles. The van der Waals surface area contributed by atoms with Crippen LogP contribution in [-0.4, -0.2) is 33.1 Å². The lowest BCUT2D eigenvalue weighted by atomic mass is 10.1. The summed E-state index contributed by atoms with van der Waals surface area (Å²) in [6.45, 7) is 3.84. The van der Waals surface area contributed by atoms with Gasteiger partial charge in [0.25, 0.3) is 0 Å². The van der Waals surface area contributed by atoms with Gasteiger partial charge in [-0.2, -0.15) is 0 Å². The second-order valence-electron chi connectivity index (χ2n) is 5.63. The summed E-state index contributed by atoms with van der Waals surface area (Å²) in [7, 11) is 1.39. The zero-order valence-corrected chi connectivity index (χ0v) is 15.2. The molecule has 128 valence electrons. The van der Waals surface area contributed by atoms with Crippen LogP contribution in [0.15, 0.2) is 59.8 Å². The van der Waals surface area contributed by atoms with Crippen LogP contribution in [0.4, 0.5) is 0 Å². The summed E-state index contributed by atoms with van der Waals surface area (Å²) in [5, 5.41) is 8.99. The first-order chi connectivity index (χ1) is 12.1. The number of thioether (sulfide) groups is 1. The molecule has 5 nitrogen and oxygen atoms in total. The molecule has 0 aliphatic rings. The van der Waals surface area contributed by atoms with E-state index in [0.717, 1.165) is 22.6 Å². The average Bonchev–Trinajstić information content (AvgIpc) is 3.05. The van der Waals surface area contributed by atoms with Crippen LogP contribution in [0, 0.1) is 6.92 Å². The number of carbonyl (C=O) groups is 1. The fourth-order valence-corrected chi connectivity index (χ4v) is 3.39. The van der Waals surface area contributed by atoms with Crippen molar-refractivity contribution >= 4 is 17.7 Å². The maximum Gasteiger partial charge on any atom is 0.318 e. The number of rotatable bonds is 5. The molecule has 6 heteroatoms. The van der Waals surface area contributed by atoms with E-state index in [9.17, 15) is 4.79 Å². The van der Waals surface area contributed by atoms with Crippen LogP contribution in [0.5, 0.6) is 0 Å². The van der Waals surface area contributed by atoms with Gasteiger partial charge in [0.2, 0.25) is 0 Å². The summed E-state index contributed by atoms with van der Waals surface area (Å²) in [5.74, 6) is 0.458. The van der Waals surface area contributed by atoms with Crippen molar-refractivity contribution < 1.29 is 9.53 Å². The summed E-state index contributed by atoms with van der Waals surface area (Å²) in [6.07, 6.45) is 0. The Morgan fingerprint density at radius 2 is 1.88 bits per heavy atom. The Labute approximate surface area is 151 Å². The van der Waals surface area contributed by atoms with Crippen LogP contribution >= 0.6 is 11.8 Å². The monoisotopic (exact) mass is 353 g/mol. The summed E-state index contributed by atoms with van der Waals surface area (Å²) in [4.78, 5) is 11.8. The lowest BCUT2D eigenvalue weighted by Crippen LogP contribution is -2.15. The highest BCUT2D eigenvalue weighted by atomic mass is 32.2. The quantitative estimate of drug-likeness (QED) is 0.514. The maximum atomic E-state index is 11.8. The molecule has 3 aromatic rings. The fraction of sp³-hybridized carbons (Fsp3) is 0.211. The number of esters is 1. The predicted molar refractivity (Wildman–Crippen MR) is 98.9 cm³/mol. The van der Waals surface area contributed by atoms with Crippen LogP contribution in [0.1, 0.15) is 12.5 Å². The van der Waals surface area contributed by atoms with Gasteiger partial charge in [0.05, 0.1) is 7.11 Å². The van der Waals surface area contributed by atoms with Crippen LogP contribution in [-0.2, 0) is 9.53 Å². The third-order valence-corrected chi connectivity index (χ3v) is 4.76. The van der Waals surface area contributed by atoms with Crippen molar-refractivity contribution in [3.63, 3.8) is 0 Å². The van der Waals surface area contributed by atoms with E-state index in [4.69, 9.17) is 4.74 Å². The van der Waals surface area contributed by atoms with Crippen molar-refractivity contribution in [2.75, 3.05) is 7.11 Å². The molecule has 0 saturated heterocycles. The van der Waals surface area contributed by atoms with Crippen molar-refractivity contribution in [1.82, 2.24) is 14.8 Å². The van der Waals surface area contributed by atoms with Crippen LogP contribution in [0.2, 0.25) is 0 Å². The normalized spacial score (nSPS) is 12.0. The van der Waals surface area contributed by atoms with Gasteiger partial charge in [-0.05, 0) is 32.0 Å². The second-order valence-corrected chi connectivity index (χ2v) is 6.94. The van der Waals surface area contributed by atoms with Crippen molar-refractivity contribution in [2.24, 2.45) is 0 Å². The number of hydrogen-bond acceptors (Lipinski definition) is 5. The molecule has 1 aromatic heterocycles. The van der Waals surface area contributed by atoms with Gasteiger partial charge in [-0.1, -0.05) is 53.7 Å². The van der Waals surface area contributed by atoms with Gasteiger partial charge >= 0.3 is 5.97 Å². The third-order valence-electron chi connectivity index (χ3n) is 3.74. The molecule has 1 unspecified atom stereocenters. The van der Waals surface area contributed by atoms with Gasteiger partial charge in [-0.15, -0.1) is 10.2 Å². The van der Waals surface area contributed by atoms with E-state index in [1.807, 2.05) is 60.0 Å². The standard InChI is InChI=1S/C19H19N3O2S/c1-13-8-7-9-15(12-13)17-20-21-19(25-14(2)18(23)24-3)22(17)16-10-5-4-6-11-16/h4-12,14H,1-3H3. The topological polar surface area (TPSA) is 57.0 Å². The molecule has 0 amide bonds. The number of benzene rings is 2. The first-order valence-electron chi connectivity index (χ1n) is 7.92. The highest BCUT2D eigenvalue weighted by Crippen LogP contribution is 2.30. The lowest BCUT2D eigenvalue weighted by molar-refractivity contribution is -0.139. The Morgan fingerprint density at radius 3 is 2.56 bits per heavy atom. The van der Waals surface area contributed by atoms with E-state index in [1.54, 1.807) is 6.92 Å². The first-order valence-corrected chi connectivity index (χ1v) is 8.80. The number of ether oxygens (including phenoxy) is 1. The Kier molecular flexibility index (Phi) is 5.19. The molecular weight excluding hydrogens is 334 g/mol. The Balaban J connectivity index is 2.09. The Morgan fingerprint density at radius 1 is 1.12 bits per heavy atom. The van der Waals surface area contributed by atoms with Crippen LogP contribution in [0.3, 0.4) is 0 Å². The largest absolute Gasteiger partial charge is 0.468 e. The molecule has 1 heterocycles. The number of nitrogens with zero attached hydrogens (tertiary/aromatic N) is 3. The number of aromatic nitrogens is 3. The van der Waals surface area contributed by atoms with E-state index in [0.29, 0.717) is 5.16 Å². The van der Waals surface area contributed by atoms with Gasteiger partial charge in [0.1, 0.15) is 5.25 Å². The Hall–Kier alpha value is -2.60. The van der Waals surface area contributed by atoms with Gasteiger partial charge in [-0.3, -0.25) is 9.36 Å². The van der Waals surface area contributed by atoms with Gasteiger partial charge < -0.3 is 4.74 Å². The molecule has 0 fully saturated rings. The van der Waals surface area contributed by atoms with Gasteiger partial charge in [0, 0.05) is 11.3 Å². The highest BCUT2D eigenvalue weighted by Gasteiger charge is 2.22. The molecular formula is C19H19N3O2S. The van der Waals surface area contributed by atoms with E-state index >= 15 is 0 Å². The molecule has 0 aliphatic carbocycles. The van der Waals surface area contributed by atoms with E-state index in [-0.39, 0.29) is 11.2 Å².